The number of aromatic nitrogens is 4. The first-order valence-electron chi connectivity index (χ1n) is 8.25. The van der Waals surface area contributed by atoms with Crippen molar-refractivity contribution in [1.29, 1.82) is 0 Å². The maximum atomic E-state index is 4.72. The zero-order valence-corrected chi connectivity index (χ0v) is 13.7. The number of nitrogens with one attached hydrogen (secondary N) is 3. The van der Waals surface area contributed by atoms with E-state index < -0.39 is 0 Å². The molecular weight excluding hydrogens is 302 g/mol. The van der Waals surface area contributed by atoms with Crippen LogP contribution in [0.15, 0.2) is 36.8 Å². The SMILES string of the molecule is Cc1cnn2c(NCc3cccnc3)cc(N[C@@H]3CCNC3)nc12. The van der Waals surface area contributed by atoms with Crippen LogP contribution >= 0.6 is 0 Å². The number of fused-ring (bicyclic) bond motifs is 1. The van der Waals surface area contributed by atoms with Crippen molar-refractivity contribution in [3.8, 4) is 0 Å². The molecule has 0 unspecified atom stereocenters. The topological polar surface area (TPSA) is 79.2 Å². The summed E-state index contributed by atoms with van der Waals surface area (Å²) >= 11 is 0. The molecule has 1 saturated heterocycles. The molecule has 3 N–H and O–H groups in total. The van der Waals surface area contributed by atoms with Gasteiger partial charge >= 0.3 is 0 Å². The molecule has 0 bridgehead atoms. The van der Waals surface area contributed by atoms with Gasteiger partial charge in [-0.05, 0) is 31.5 Å². The van der Waals surface area contributed by atoms with Crippen molar-refractivity contribution in [2.75, 3.05) is 23.7 Å². The lowest BCUT2D eigenvalue weighted by Gasteiger charge is -2.15. The molecule has 1 atom stereocenters. The van der Waals surface area contributed by atoms with Crippen molar-refractivity contribution in [1.82, 2.24) is 24.9 Å². The first kappa shape index (κ1) is 14.9. The van der Waals surface area contributed by atoms with Crippen molar-refractivity contribution in [2.24, 2.45) is 0 Å². The molecule has 7 nitrogen and oxygen atoms in total. The summed E-state index contributed by atoms with van der Waals surface area (Å²) in [6, 6.07) is 6.44. The molecule has 0 spiro atoms. The number of aryl methyl sites for hydroxylation is 1. The van der Waals surface area contributed by atoms with Gasteiger partial charge in [0.25, 0.3) is 0 Å². The summed E-state index contributed by atoms with van der Waals surface area (Å²) in [5.74, 6) is 1.80. The number of hydrogen-bond acceptors (Lipinski definition) is 6. The second-order valence-electron chi connectivity index (χ2n) is 6.14. The summed E-state index contributed by atoms with van der Waals surface area (Å²) < 4.78 is 1.85. The fraction of sp³-hybridized carbons (Fsp3) is 0.353. The molecule has 7 heteroatoms. The number of rotatable bonds is 5. The van der Waals surface area contributed by atoms with Crippen molar-refractivity contribution in [3.05, 3.63) is 47.9 Å². The van der Waals surface area contributed by atoms with Crippen LogP contribution in [0.1, 0.15) is 17.5 Å². The molecule has 4 heterocycles. The molecule has 1 fully saturated rings. The minimum atomic E-state index is 0.425. The molecule has 4 rings (SSSR count). The third-order valence-electron chi connectivity index (χ3n) is 4.26. The summed E-state index contributed by atoms with van der Waals surface area (Å²) in [5.41, 5.74) is 3.06. The number of anilines is 2. The highest BCUT2D eigenvalue weighted by atomic mass is 15.3. The highest BCUT2D eigenvalue weighted by Crippen LogP contribution is 2.20. The first-order chi connectivity index (χ1) is 11.8. The average Bonchev–Trinajstić information content (AvgIpc) is 3.24. The van der Waals surface area contributed by atoms with Crippen LogP contribution in [-0.4, -0.2) is 38.7 Å². The molecular formula is C17H21N7. The van der Waals surface area contributed by atoms with Crippen LogP contribution in [0.25, 0.3) is 5.65 Å². The van der Waals surface area contributed by atoms with Crippen LogP contribution in [0.4, 0.5) is 11.6 Å². The third-order valence-corrected chi connectivity index (χ3v) is 4.26. The van der Waals surface area contributed by atoms with Crippen molar-refractivity contribution < 1.29 is 0 Å². The van der Waals surface area contributed by atoms with Crippen LogP contribution in [0.3, 0.4) is 0 Å². The Morgan fingerprint density at radius 1 is 1.38 bits per heavy atom. The summed E-state index contributed by atoms with van der Waals surface area (Å²) in [4.78, 5) is 8.88. The summed E-state index contributed by atoms with van der Waals surface area (Å²) in [5, 5.41) is 14.8. The predicted molar refractivity (Wildman–Crippen MR) is 94.2 cm³/mol. The van der Waals surface area contributed by atoms with Gasteiger partial charge < -0.3 is 16.0 Å². The van der Waals surface area contributed by atoms with Crippen LogP contribution in [0.2, 0.25) is 0 Å². The van der Waals surface area contributed by atoms with Gasteiger partial charge in [-0.1, -0.05) is 6.07 Å². The lowest BCUT2D eigenvalue weighted by Crippen LogP contribution is -2.23. The molecule has 1 aliphatic heterocycles. The van der Waals surface area contributed by atoms with Crippen molar-refractivity contribution >= 4 is 17.3 Å². The average molecular weight is 323 g/mol. The molecule has 1 aliphatic rings. The molecule has 124 valence electrons. The summed E-state index contributed by atoms with van der Waals surface area (Å²) in [7, 11) is 0. The molecule has 0 amide bonds. The largest absolute Gasteiger partial charge is 0.366 e. The summed E-state index contributed by atoms with van der Waals surface area (Å²) in [6.45, 7) is 4.75. The van der Waals surface area contributed by atoms with E-state index in [1.54, 1.807) is 6.20 Å². The van der Waals surface area contributed by atoms with E-state index in [9.17, 15) is 0 Å². The maximum absolute atomic E-state index is 4.72. The fourth-order valence-electron chi connectivity index (χ4n) is 2.95. The number of pyridine rings is 1. The van der Waals surface area contributed by atoms with E-state index in [0.29, 0.717) is 12.6 Å². The van der Waals surface area contributed by atoms with Gasteiger partial charge in [0.1, 0.15) is 11.6 Å². The van der Waals surface area contributed by atoms with Crippen molar-refractivity contribution in [2.45, 2.75) is 25.9 Å². The Morgan fingerprint density at radius 2 is 2.33 bits per heavy atom. The molecule has 0 saturated carbocycles. The van der Waals surface area contributed by atoms with Crippen LogP contribution < -0.4 is 16.0 Å². The van der Waals surface area contributed by atoms with E-state index in [-0.39, 0.29) is 0 Å². The lowest BCUT2D eigenvalue weighted by molar-refractivity contribution is 0.786. The molecule has 0 aromatic carbocycles. The Bertz CT molecular complexity index is 822. The first-order valence-corrected chi connectivity index (χ1v) is 8.25. The Kier molecular flexibility index (Phi) is 4.00. The zero-order valence-electron chi connectivity index (χ0n) is 13.7. The van der Waals surface area contributed by atoms with E-state index in [4.69, 9.17) is 4.98 Å². The fourth-order valence-corrected chi connectivity index (χ4v) is 2.95. The van der Waals surface area contributed by atoms with E-state index in [1.165, 1.54) is 0 Å². The van der Waals surface area contributed by atoms with Crippen molar-refractivity contribution in [3.63, 3.8) is 0 Å². The van der Waals surface area contributed by atoms with Gasteiger partial charge in [0.2, 0.25) is 0 Å². The van der Waals surface area contributed by atoms with E-state index in [0.717, 1.165) is 47.9 Å². The van der Waals surface area contributed by atoms with E-state index in [1.807, 2.05) is 36.0 Å². The Hall–Kier alpha value is -2.67. The van der Waals surface area contributed by atoms with Crippen LogP contribution in [0, 0.1) is 6.92 Å². The smallest absolute Gasteiger partial charge is 0.162 e. The van der Waals surface area contributed by atoms with Gasteiger partial charge in [0, 0.05) is 43.2 Å². The standard InChI is InChI=1S/C17H21N7/c1-12-8-21-24-16(20-10-13-3-2-5-18-9-13)7-15(23-17(12)24)22-14-4-6-19-11-14/h2-3,5,7-9,14,19-20H,4,6,10-11H2,1H3,(H,22,23)/t14-/m1/s1. The maximum Gasteiger partial charge on any atom is 0.162 e. The van der Waals surface area contributed by atoms with Gasteiger partial charge in [-0.2, -0.15) is 9.61 Å². The minimum Gasteiger partial charge on any atom is -0.366 e. The monoisotopic (exact) mass is 323 g/mol. The van der Waals surface area contributed by atoms with E-state index in [2.05, 4.69) is 32.1 Å². The predicted octanol–water partition coefficient (Wildman–Crippen LogP) is 1.82. The number of hydrogen-bond donors (Lipinski definition) is 3. The zero-order chi connectivity index (χ0) is 16.4. The van der Waals surface area contributed by atoms with Gasteiger partial charge in [0.15, 0.2) is 5.65 Å². The Balaban J connectivity index is 1.62. The Labute approximate surface area is 140 Å². The molecule has 0 radical (unpaired) electrons. The van der Waals surface area contributed by atoms with Gasteiger partial charge in [0.05, 0.1) is 6.20 Å². The Morgan fingerprint density at radius 3 is 3.12 bits per heavy atom. The second kappa shape index (κ2) is 6.45. The highest BCUT2D eigenvalue weighted by Gasteiger charge is 2.16. The second-order valence-corrected chi connectivity index (χ2v) is 6.14. The normalized spacial score (nSPS) is 17.3. The van der Waals surface area contributed by atoms with E-state index >= 15 is 0 Å². The number of nitrogens with zero attached hydrogens (tertiary/aromatic N) is 4. The van der Waals surface area contributed by atoms with Gasteiger partial charge in [-0.25, -0.2) is 4.98 Å². The highest BCUT2D eigenvalue weighted by molar-refractivity contribution is 5.60. The molecule has 3 aromatic rings. The molecule has 3 aromatic heterocycles. The van der Waals surface area contributed by atoms with Gasteiger partial charge in [-0.3, -0.25) is 4.98 Å². The molecule has 24 heavy (non-hydrogen) atoms. The molecule has 0 aliphatic carbocycles. The third kappa shape index (κ3) is 3.03. The quantitative estimate of drug-likeness (QED) is 0.665. The minimum absolute atomic E-state index is 0.425. The summed E-state index contributed by atoms with van der Waals surface area (Å²) in [6.07, 6.45) is 6.60. The van der Waals surface area contributed by atoms with Crippen LogP contribution in [0.5, 0.6) is 0 Å². The lowest BCUT2D eigenvalue weighted by atomic mass is 10.2. The van der Waals surface area contributed by atoms with Crippen LogP contribution in [-0.2, 0) is 6.54 Å². The van der Waals surface area contributed by atoms with Gasteiger partial charge in [-0.15, -0.1) is 0 Å².